The lowest BCUT2D eigenvalue weighted by Gasteiger charge is -2.21. The van der Waals surface area contributed by atoms with E-state index in [0.29, 0.717) is 37.0 Å². The van der Waals surface area contributed by atoms with Crippen LogP contribution in [0.1, 0.15) is 24.1 Å². The highest BCUT2D eigenvalue weighted by atomic mass is 127. The Hall–Kier alpha value is -1.66. The molecule has 2 aromatic rings. The molecule has 0 atom stereocenters. The van der Waals surface area contributed by atoms with Crippen molar-refractivity contribution < 1.29 is 12.9 Å². The average molecular weight is 519 g/mol. The van der Waals surface area contributed by atoms with E-state index in [-0.39, 0.29) is 24.0 Å². The third-order valence-corrected chi connectivity index (χ3v) is 6.45. The van der Waals surface area contributed by atoms with Crippen LogP contribution in [-0.2, 0) is 23.1 Å². The summed E-state index contributed by atoms with van der Waals surface area (Å²) in [5.41, 5.74) is 1.79. The Morgan fingerprint density at radius 3 is 2.50 bits per heavy atom. The van der Waals surface area contributed by atoms with Gasteiger partial charge in [0.15, 0.2) is 5.96 Å². The minimum atomic E-state index is -3.37. The number of aliphatic imine (C=N–C) groups is 1. The summed E-state index contributed by atoms with van der Waals surface area (Å²) >= 11 is 0. The van der Waals surface area contributed by atoms with Gasteiger partial charge in [-0.1, -0.05) is 17.3 Å². The van der Waals surface area contributed by atoms with Gasteiger partial charge in [0, 0.05) is 39.8 Å². The van der Waals surface area contributed by atoms with Crippen molar-refractivity contribution in [3.05, 3.63) is 47.9 Å². The van der Waals surface area contributed by atoms with E-state index in [9.17, 15) is 8.42 Å². The molecule has 1 fully saturated rings. The van der Waals surface area contributed by atoms with Gasteiger partial charge in [0.1, 0.15) is 12.0 Å². The third kappa shape index (κ3) is 5.45. The Balaban J connectivity index is 0.00000280. The Bertz CT molecular complexity index is 863. The van der Waals surface area contributed by atoms with Gasteiger partial charge in [0.25, 0.3) is 0 Å². The van der Waals surface area contributed by atoms with Crippen molar-refractivity contribution in [1.82, 2.24) is 19.7 Å². The van der Waals surface area contributed by atoms with E-state index >= 15 is 0 Å². The molecule has 8 nitrogen and oxygen atoms in total. The van der Waals surface area contributed by atoms with E-state index in [4.69, 9.17) is 4.52 Å². The van der Waals surface area contributed by atoms with Crippen LogP contribution in [0.2, 0.25) is 0 Å². The fraction of sp³-hybridized carbons (Fsp3) is 0.444. The maximum absolute atomic E-state index is 12.6. The van der Waals surface area contributed by atoms with Crippen molar-refractivity contribution >= 4 is 40.0 Å². The van der Waals surface area contributed by atoms with Crippen LogP contribution in [0.4, 0.5) is 0 Å². The second-order valence-corrected chi connectivity index (χ2v) is 8.44. The normalized spacial score (nSPS) is 15.3. The number of nitrogens with zero attached hydrogens (tertiary/aromatic N) is 4. The van der Waals surface area contributed by atoms with E-state index < -0.39 is 10.0 Å². The predicted molar refractivity (Wildman–Crippen MR) is 118 cm³/mol. The number of aromatic nitrogens is 1. The fourth-order valence-electron chi connectivity index (χ4n) is 3.06. The van der Waals surface area contributed by atoms with Gasteiger partial charge >= 0.3 is 0 Å². The maximum atomic E-state index is 12.6. The van der Waals surface area contributed by atoms with E-state index in [2.05, 4.69) is 15.5 Å². The first kappa shape index (κ1) is 22.6. The van der Waals surface area contributed by atoms with Crippen molar-refractivity contribution in [3.63, 3.8) is 0 Å². The molecule has 1 aromatic heterocycles. The van der Waals surface area contributed by atoms with Gasteiger partial charge in [0.05, 0.1) is 11.4 Å². The molecule has 0 radical (unpaired) electrons. The average Bonchev–Trinajstić information content (AvgIpc) is 3.37. The number of guanidine groups is 1. The van der Waals surface area contributed by atoms with E-state index in [1.165, 1.54) is 6.26 Å². The minimum Gasteiger partial charge on any atom is -0.364 e. The molecule has 10 heteroatoms. The quantitative estimate of drug-likeness (QED) is 0.358. The molecule has 1 aliphatic rings. The first-order valence-corrected chi connectivity index (χ1v) is 10.3. The monoisotopic (exact) mass is 519 g/mol. The second kappa shape index (κ2) is 10.2. The topological polar surface area (TPSA) is 91.0 Å². The van der Waals surface area contributed by atoms with Gasteiger partial charge in [0.2, 0.25) is 10.0 Å². The smallest absolute Gasteiger partial charge is 0.243 e. The van der Waals surface area contributed by atoms with Crippen LogP contribution in [0.25, 0.3) is 0 Å². The summed E-state index contributed by atoms with van der Waals surface area (Å²) in [5, 5.41) is 7.17. The van der Waals surface area contributed by atoms with Crippen molar-refractivity contribution in [2.45, 2.75) is 30.8 Å². The van der Waals surface area contributed by atoms with E-state index in [1.807, 2.05) is 30.1 Å². The van der Waals surface area contributed by atoms with Gasteiger partial charge in [-0.05, 0) is 30.5 Å². The zero-order valence-corrected chi connectivity index (χ0v) is 19.2. The number of halogens is 1. The minimum absolute atomic E-state index is 0. The lowest BCUT2D eigenvalue weighted by molar-refractivity contribution is 0.391. The first-order valence-electron chi connectivity index (χ1n) is 8.91. The van der Waals surface area contributed by atoms with Gasteiger partial charge in [-0.2, -0.15) is 4.31 Å². The lowest BCUT2D eigenvalue weighted by atomic mass is 10.2. The Morgan fingerprint density at radius 2 is 1.93 bits per heavy atom. The molecular formula is C18H26IN5O3S. The van der Waals surface area contributed by atoms with Gasteiger partial charge < -0.3 is 14.7 Å². The first-order chi connectivity index (χ1) is 13.0. The summed E-state index contributed by atoms with van der Waals surface area (Å²) in [5.74, 6) is 0.715. The summed E-state index contributed by atoms with van der Waals surface area (Å²) in [4.78, 5) is 6.55. The van der Waals surface area contributed by atoms with E-state index in [0.717, 1.165) is 24.1 Å². The van der Waals surface area contributed by atoms with Crippen LogP contribution in [-0.4, -0.2) is 55.9 Å². The number of rotatable bonds is 6. The van der Waals surface area contributed by atoms with E-state index in [1.54, 1.807) is 23.5 Å². The predicted octanol–water partition coefficient (Wildman–Crippen LogP) is 2.28. The van der Waals surface area contributed by atoms with Gasteiger partial charge in [-0.25, -0.2) is 8.42 Å². The number of nitrogens with one attached hydrogen (secondary N) is 1. The number of hydrogen-bond acceptors (Lipinski definition) is 5. The standard InChI is InChI=1S/C18H25N5O3S.HI/c1-19-18(22(2)14-16-9-12-26-21-16)20-13-15-5-7-17(8-6-15)27(24,25)23-10-3-4-11-23;/h5-9,12H,3-4,10-11,13-14H2,1-2H3,(H,19,20);1H. The summed E-state index contributed by atoms with van der Waals surface area (Å²) < 4.78 is 31.5. The molecular weight excluding hydrogens is 493 g/mol. The Kier molecular flexibility index (Phi) is 8.25. The molecule has 0 spiro atoms. The lowest BCUT2D eigenvalue weighted by Crippen LogP contribution is -2.38. The van der Waals surface area contributed by atoms with Crippen molar-refractivity contribution in [2.75, 3.05) is 27.2 Å². The van der Waals surface area contributed by atoms with Crippen LogP contribution >= 0.6 is 24.0 Å². The molecule has 0 unspecified atom stereocenters. The molecule has 1 saturated heterocycles. The molecule has 3 rings (SSSR count). The fourth-order valence-corrected chi connectivity index (χ4v) is 4.58. The van der Waals surface area contributed by atoms with Crippen LogP contribution in [0.15, 0.2) is 51.0 Å². The molecule has 1 aromatic carbocycles. The van der Waals surface area contributed by atoms with Crippen LogP contribution in [0.3, 0.4) is 0 Å². The van der Waals surface area contributed by atoms with Gasteiger partial charge in [-0.3, -0.25) is 4.99 Å². The highest BCUT2D eigenvalue weighted by Gasteiger charge is 2.26. The van der Waals surface area contributed by atoms with Crippen molar-refractivity contribution in [3.8, 4) is 0 Å². The Labute approximate surface area is 183 Å². The van der Waals surface area contributed by atoms with Crippen LogP contribution < -0.4 is 5.32 Å². The maximum Gasteiger partial charge on any atom is 0.243 e. The number of sulfonamides is 1. The molecule has 0 bridgehead atoms. The molecule has 154 valence electrons. The number of hydrogen-bond donors (Lipinski definition) is 1. The third-order valence-electron chi connectivity index (χ3n) is 4.54. The second-order valence-electron chi connectivity index (χ2n) is 6.50. The molecule has 1 N–H and O–H groups in total. The molecule has 28 heavy (non-hydrogen) atoms. The summed E-state index contributed by atoms with van der Waals surface area (Å²) in [7, 11) is 0.259. The zero-order valence-electron chi connectivity index (χ0n) is 16.0. The van der Waals surface area contributed by atoms with Crippen LogP contribution in [0, 0.1) is 0 Å². The highest BCUT2D eigenvalue weighted by Crippen LogP contribution is 2.21. The Morgan fingerprint density at radius 1 is 1.25 bits per heavy atom. The van der Waals surface area contributed by atoms with Crippen molar-refractivity contribution in [1.29, 1.82) is 0 Å². The van der Waals surface area contributed by atoms with Crippen LogP contribution in [0.5, 0.6) is 0 Å². The zero-order chi connectivity index (χ0) is 19.3. The largest absolute Gasteiger partial charge is 0.364 e. The molecule has 0 saturated carbocycles. The van der Waals surface area contributed by atoms with Gasteiger partial charge in [-0.15, -0.1) is 24.0 Å². The molecule has 0 aliphatic carbocycles. The SMILES string of the molecule is CN=C(NCc1ccc(S(=O)(=O)N2CCCC2)cc1)N(C)Cc1ccon1.I. The highest BCUT2D eigenvalue weighted by molar-refractivity contribution is 14.0. The molecule has 2 heterocycles. The van der Waals surface area contributed by atoms with Crippen molar-refractivity contribution in [2.24, 2.45) is 4.99 Å². The number of benzene rings is 1. The molecule has 0 amide bonds. The summed E-state index contributed by atoms with van der Waals surface area (Å²) in [6.45, 7) is 2.34. The summed E-state index contributed by atoms with van der Waals surface area (Å²) in [6, 6.07) is 8.82. The summed E-state index contributed by atoms with van der Waals surface area (Å²) in [6.07, 6.45) is 3.40. The molecule has 1 aliphatic heterocycles.